The van der Waals surface area contributed by atoms with Gasteiger partial charge in [0.15, 0.2) is 5.82 Å². The number of benzene rings is 1. The zero-order chi connectivity index (χ0) is 24.6. The number of imidazole rings is 1. The van der Waals surface area contributed by atoms with Crippen molar-refractivity contribution in [2.24, 2.45) is 5.92 Å². The molecule has 10 heteroatoms. The molecular formula is C24H31FN6O2S. The van der Waals surface area contributed by atoms with Crippen molar-refractivity contribution in [1.82, 2.24) is 19.3 Å². The van der Waals surface area contributed by atoms with Crippen LogP contribution in [0.2, 0.25) is 0 Å². The lowest BCUT2D eigenvalue weighted by molar-refractivity contribution is -0.121. The van der Waals surface area contributed by atoms with E-state index >= 15 is 0 Å². The van der Waals surface area contributed by atoms with Crippen molar-refractivity contribution in [1.29, 1.82) is 4.78 Å². The third kappa shape index (κ3) is 5.28. The number of aromatic nitrogens is 3. The molecular weight excluding hydrogens is 455 g/mol. The number of aryl methyl sites for hydroxylation is 1. The highest BCUT2D eigenvalue weighted by molar-refractivity contribution is 7.89. The second kappa shape index (κ2) is 9.42. The van der Waals surface area contributed by atoms with Crippen LogP contribution in [-0.2, 0) is 14.7 Å². The number of hydrogen-bond acceptors (Lipinski definition) is 5. The SMILES string of the molecule is Cc1cnc(NC(=O)[C@H]2CCC[C@@H](NS(C)(=N)=O)C2)cc1-c1cc(F)c2ncn(C(C)C)c2c1. The zero-order valence-corrected chi connectivity index (χ0v) is 20.7. The summed E-state index contributed by atoms with van der Waals surface area (Å²) < 4.78 is 39.0. The summed E-state index contributed by atoms with van der Waals surface area (Å²) in [5.41, 5.74) is 3.39. The molecule has 0 aliphatic heterocycles. The van der Waals surface area contributed by atoms with E-state index in [1.165, 1.54) is 12.3 Å². The van der Waals surface area contributed by atoms with Gasteiger partial charge in [-0.15, -0.1) is 0 Å². The number of hydrogen-bond donors (Lipinski definition) is 3. The Morgan fingerprint density at radius 2 is 2.03 bits per heavy atom. The van der Waals surface area contributed by atoms with Crippen LogP contribution in [0.1, 0.15) is 51.1 Å². The first kappa shape index (κ1) is 24.3. The van der Waals surface area contributed by atoms with Gasteiger partial charge in [-0.1, -0.05) is 6.42 Å². The molecule has 0 radical (unpaired) electrons. The fourth-order valence-electron chi connectivity index (χ4n) is 4.64. The van der Waals surface area contributed by atoms with Crippen LogP contribution in [0.15, 0.2) is 30.7 Å². The van der Waals surface area contributed by atoms with Gasteiger partial charge in [-0.05, 0) is 74.9 Å². The third-order valence-electron chi connectivity index (χ3n) is 6.29. The van der Waals surface area contributed by atoms with E-state index in [1.807, 2.05) is 31.4 Å². The Kier molecular flexibility index (Phi) is 6.73. The quantitative estimate of drug-likeness (QED) is 0.464. The van der Waals surface area contributed by atoms with E-state index in [-0.39, 0.29) is 23.9 Å². The fourth-order valence-corrected chi connectivity index (χ4v) is 5.49. The molecule has 1 unspecified atom stereocenters. The number of nitrogens with zero attached hydrogens (tertiary/aromatic N) is 3. The first-order valence-electron chi connectivity index (χ1n) is 11.5. The number of nitrogens with one attached hydrogen (secondary N) is 3. The van der Waals surface area contributed by atoms with Crippen molar-refractivity contribution < 1.29 is 13.4 Å². The number of fused-ring (bicyclic) bond motifs is 1. The van der Waals surface area contributed by atoms with Gasteiger partial charge in [-0.3, -0.25) is 4.79 Å². The minimum absolute atomic E-state index is 0.124. The summed E-state index contributed by atoms with van der Waals surface area (Å²) in [4.78, 5) is 21.5. The van der Waals surface area contributed by atoms with Crippen LogP contribution in [0.3, 0.4) is 0 Å². The number of carbonyl (C=O) groups excluding carboxylic acids is 1. The lowest BCUT2D eigenvalue weighted by atomic mass is 9.85. The van der Waals surface area contributed by atoms with E-state index < -0.39 is 15.7 Å². The van der Waals surface area contributed by atoms with Gasteiger partial charge >= 0.3 is 0 Å². The van der Waals surface area contributed by atoms with Crippen LogP contribution in [0.4, 0.5) is 10.2 Å². The van der Waals surface area contributed by atoms with E-state index in [1.54, 1.807) is 18.6 Å². The second-order valence-electron chi connectivity index (χ2n) is 9.47. The summed E-state index contributed by atoms with van der Waals surface area (Å²) in [5, 5.41) is 2.90. The van der Waals surface area contributed by atoms with Gasteiger partial charge in [0.05, 0.1) is 11.8 Å². The Bertz CT molecular complexity index is 1330. The highest BCUT2D eigenvalue weighted by atomic mass is 32.2. The Morgan fingerprint density at radius 3 is 2.74 bits per heavy atom. The highest BCUT2D eigenvalue weighted by Gasteiger charge is 2.28. The van der Waals surface area contributed by atoms with Crippen molar-refractivity contribution in [3.63, 3.8) is 0 Å². The minimum atomic E-state index is -2.83. The largest absolute Gasteiger partial charge is 0.328 e. The minimum Gasteiger partial charge on any atom is -0.328 e. The van der Waals surface area contributed by atoms with Gasteiger partial charge in [-0.2, -0.15) is 0 Å². The molecule has 2 heterocycles. The fraction of sp³-hybridized carbons (Fsp3) is 0.458. The smallest absolute Gasteiger partial charge is 0.228 e. The first-order chi connectivity index (χ1) is 16.0. The summed E-state index contributed by atoms with van der Waals surface area (Å²) in [6.45, 7) is 5.94. The van der Waals surface area contributed by atoms with Crippen LogP contribution >= 0.6 is 0 Å². The highest BCUT2D eigenvalue weighted by Crippen LogP contribution is 2.32. The van der Waals surface area contributed by atoms with E-state index in [2.05, 4.69) is 20.0 Å². The van der Waals surface area contributed by atoms with E-state index in [4.69, 9.17) is 4.78 Å². The van der Waals surface area contributed by atoms with E-state index in [0.717, 1.165) is 35.9 Å². The monoisotopic (exact) mass is 486 g/mol. The molecule has 1 aliphatic rings. The van der Waals surface area contributed by atoms with Gasteiger partial charge in [0, 0.05) is 30.5 Å². The molecule has 4 rings (SSSR count). The number of carbonyl (C=O) groups is 1. The molecule has 3 atom stereocenters. The number of halogens is 1. The molecule has 3 aromatic rings. The van der Waals surface area contributed by atoms with Crippen LogP contribution in [0.5, 0.6) is 0 Å². The number of pyridine rings is 1. The van der Waals surface area contributed by atoms with E-state index in [0.29, 0.717) is 23.3 Å². The predicted octanol–water partition coefficient (Wildman–Crippen LogP) is 4.81. The average molecular weight is 487 g/mol. The normalized spacial score (nSPS) is 20.4. The van der Waals surface area contributed by atoms with Crippen LogP contribution in [0.25, 0.3) is 22.2 Å². The topological polar surface area (TPSA) is 113 Å². The zero-order valence-electron chi connectivity index (χ0n) is 19.9. The molecule has 3 N–H and O–H groups in total. The maximum Gasteiger partial charge on any atom is 0.228 e. The van der Waals surface area contributed by atoms with Crippen molar-refractivity contribution in [3.8, 4) is 11.1 Å². The Balaban J connectivity index is 1.58. The number of amides is 1. The summed E-state index contributed by atoms with van der Waals surface area (Å²) in [6.07, 6.45) is 7.54. The number of rotatable bonds is 6. The van der Waals surface area contributed by atoms with Crippen LogP contribution < -0.4 is 10.0 Å². The van der Waals surface area contributed by atoms with Gasteiger partial charge in [0.25, 0.3) is 0 Å². The molecule has 182 valence electrons. The van der Waals surface area contributed by atoms with Crippen molar-refractivity contribution in [2.45, 2.75) is 58.5 Å². The molecule has 1 amide bonds. The summed E-state index contributed by atoms with van der Waals surface area (Å²) >= 11 is 0. The van der Waals surface area contributed by atoms with Gasteiger partial charge < -0.3 is 9.88 Å². The molecule has 1 fully saturated rings. The summed E-state index contributed by atoms with van der Waals surface area (Å²) in [7, 11) is -2.83. The molecule has 0 bridgehead atoms. The molecule has 0 saturated heterocycles. The Morgan fingerprint density at radius 1 is 1.26 bits per heavy atom. The predicted molar refractivity (Wildman–Crippen MR) is 132 cm³/mol. The average Bonchev–Trinajstić information content (AvgIpc) is 3.19. The van der Waals surface area contributed by atoms with Crippen LogP contribution in [0, 0.1) is 23.4 Å². The van der Waals surface area contributed by atoms with E-state index in [9.17, 15) is 13.4 Å². The Hall–Kier alpha value is -2.85. The molecule has 1 aliphatic carbocycles. The summed E-state index contributed by atoms with van der Waals surface area (Å²) in [6, 6.07) is 5.17. The summed E-state index contributed by atoms with van der Waals surface area (Å²) in [5.74, 6) is -0.399. The maximum absolute atomic E-state index is 14.8. The lowest BCUT2D eigenvalue weighted by Crippen LogP contribution is -2.40. The molecule has 34 heavy (non-hydrogen) atoms. The molecule has 2 aromatic heterocycles. The van der Waals surface area contributed by atoms with Gasteiger partial charge in [0.2, 0.25) is 5.91 Å². The molecule has 1 saturated carbocycles. The lowest BCUT2D eigenvalue weighted by Gasteiger charge is -2.29. The number of anilines is 1. The molecule has 0 spiro atoms. The van der Waals surface area contributed by atoms with Gasteiger partial charge in [0.1, 0.15) is 21.2 Å². The maximum atomic E-state index is 14.8. The molecule has 8 nitrogen and oxygen atoms in total. The molecule has 1 aromatic carbocycles. The van der Waals surface area contributed by atoms with Crippen molar-refractivity contribution in [3.05, 3.63) is 42.1 Å². The Labute approximate surface area is 199 Å². The standard InChI is InChI=1S/C24H31FN6O2S/c1-14(2)31-13-28-23-20(25)9-17(10-21(23)31)19-11-22(27-12-15(19)3)29-24(32)16-6-5-7-18(8-16)30-34(4,26)33/h9-14,16,18H,5-8H2,1-4H3,(H2,26,30,33)(H,27,29,32)/t16-,18+,34?/m0/s1. The van der Waals surface area contributed by atoms with Crippen molar-refractivity contribution >= 4 is 32.7 Å². The first-order valence-corrected chi connectivity index (χ1v) is 13.4. The second-order valence-corrected chi connectivity index (χ2v) is 11.4. The third-order valence-corrected chi connectivity index (χ3v) is 7.07. The van der Waals surface area contributed by atoms with Gasteiger partial charge in [-0.25, -0.2) is 28.1 Å². The van der Waals surface area contributed by atoms with Crippen molar-refractivity contribution in [2.75, 3.05) is 11.6 Å². The van der Waals surface area contributed by atoms with Crippen LogP contribution in [-0.4, -0.2) is 36.9 Å².